The summed E-state index contributed by atoms with van der Waals surface area (Å²) in [6, 6.07) is 1.71. The lowest BCUT2D eigenvalue weighted by atomic mass is 9.55. The van der Waals surface area contributed by atoms with Crippen LogP contribution in [0.25, 0.3) is 0 Å². The summed E-state index contributed by atoms with van der Waals surface area (Å²) >= 11 is 3.49. The fourth-order valence-corrected chi connectivity index (χ4v) is 5.16. The number of ether oxygens (including phenoxy) is 4. The third kappa shape index (κ3) is 3.43. The highest BCUT2D eigenvalue weighted by Gasteiger charge is 2.62. The Balaban J connectivity index is 1.41. The molecule has 4 rings (SSSR count). The van der Waals surface area contributed by atoms with Crippen molar-refractivity contribution >= 4 is 28.0 Å². The SMILES string of the molecule is COC(=O)c1cc(Br)c2c(c1C)OC(C)(C1CC3(C1)CN(C(=O)OC(C)(C)C)C3)O2. The van der Waals surface area contributed by atoms with Gasteiger partial charge in [0.15, 0.2) is 11.5 Å². The van der Waals surface area contributed by atoms with Gasteiger partial charge < -0.3 is 23.8 Å². The molecule has 0 bridgehead atoms. The second kappa shape index (κ2) is 6.77. The lowest BCUT2D eigenvalue weighted by Gasteiger charge is -2.60. The predicted molar refractivity (Wildman–Crippen MR) is 113 cm³/mol. The minimum atomic E-state index is -0.804. The largest absolute Gasteiger partial charge is 0.465 e. The van der Waals surface area contributed by atoms with Gasteiger partial charge in [-0.25, -0.2) is 9.59 Å². The van der Waals surface area contributed by atoms with Crippen LogP contribution < -0.4 is 9.47 Å². The zero-order valence-electron chi connectivity index (χ0n) is 18.3. The van der Waals surface area contributed by atoms with Crippen LogP contribution in [0.15, 0.2) is 10.5 Å². The van der Waals surface area contributed by atoms with Gasteiger partial charge in [0.2, 0.25) is 0 Å². The maximum absolute atomic E-state index is 12.2. The van der Waals surface area contributed by atoms with Gasteiger partial charge in [0.05, 0.1) is 17.1 Å². The molecule has 1 aliphatic carbocycles. The molecule has 1 aromatic rings. The van der Waals surface area contributed by atoms with E-state index in [4.69, 9.17) is 18.9 Å². The van der Waals surface area contributed by atoms with E-state index in [9.17, 15) is 9.59 Å². The summed E-state index contributed by atoms with van der Waals surface area (Å²) < 4.78 is 23.5. The van der Waals surface area contributed by atoms with Crippen LogP contribution in [0.3, 0.4) is 0 Å². The number of carbonyl (C=O) groups excluding carboxylic acids is 2. The first-order valence-corrected chi connectivity index (χ1v) is 10.9. The second-order valence-electron chi connectivity index (χ2n) is 9.84. The molecular weight excluding hydrogens is 454 g/mol. The number of fused-ring (bicyclic) bond motifs is 1. The summed E-state index contributed by atoms with van der Waals surface area (Å²) in [4.78, 5) is 26.0. The van der Waals surface area contributed by atoms with E-state index < -0.39 is 17.4 Å². The van der Waals surface area contributed by atoms with Crippen LogP contribution in [0.2, 0.25) is 0 Å². The molecule has 1 saturated heterocycles. The Bertz CT molecular complexity index is 909. The molecular formula is C22H28BrNO6. The zero-order chi connectivity index (χ0) is 22.1. The molecule has 164 valence electrons. The van der Waals surface area contributed by atoms with E-state index in [0.29, 0.717) is 40.2 Å². The molecule has 30 heavy (non-hydrogen) atoms. The molecule has 0 radical (unpaired) electrons. The highest BCUT2D eigenvalue weighted by atomic mass is 79.9. The first kappa shape index (κ1) is 21.3. The number of carbonyl (C=O) groups is 2. The standard InChI is InChI=1S/C22H28BrNO6/c1-12-14(18(25)27-6)7-15(23)17-16(12)28-21(5,29-17)13-8-22(9-13)10-24(11-22)19(26)30-20(2,3)4/h7,13H,8-11H2,1-6H3. The molecule has 2 heterocycles. The summed E-state index contributed by atoms with van der Waals surface area (Å²) in [6.07, 6.45) is 1.58. The first-order valence-electron chi connectivity index (χ1n) is 10.1. The van der Waals surface area contributed by atoms with Gasteiger partial charge in [0.25, 0.3) is 5.79 Å². The smallest absolute Gasteiger partial charge is 0.410 e. The van der Waals surface area contributed by atoms with Crippen LogP contribution in [0, 0.1) is 18.3 Å². The quantitative estimate of drug-likeness (QED) is 0.570. The van der Waals surface area contributed by atoms with Gasteiger partial charge in [-0.2, -0.15) is 0 Å². The van der Waals surface area contributed by atoms with Crippen LogP contribution in [0.5, 0.6) is 11.5 Å². The highest BCUT2D eigenvalue weighted by molar-refractivity contribution is 9.10. The van der Waals surface area contributed by atoms with Crippen molar-refractivity contribution in [1.82, 2.24) is 4.90 Å². The summed E-state index contributed by atoms with van der Waals surface area (Å²) in [6.45, 7) is 10.8. The minimum absolute atomic E-state index is 0.121. The minimum Gasteiger partial charge on any atom is -0.465 e. The number of halogens is 1. The number of hydrogen-bond acceptors (Lipinski definition) is 6. The number of rotatable bonds is 2. The normalized spacial score (nSPS) is 24.3. The van der Waals surface area contributed by atoms with Gasteiger partial charge in [0.1, 0.15) is 5.60 Å². The Hall–Kier alpha value is -1.96. The van der Waals surface area contributed by atoms with E-state index in [0.717, 1.165) is 12.8 Å². The number of likely N-dealkylation sites (tertiary alicyclic amines) is 1. The van der Waals surface area contributed by atoms with E-state index in [-0.39, 0.29) is 17.4 Å². The molecule has 1 unspecified atom stereocenters. The Morgan fingerprint density at radius 1 is 1.20 bits per heavy atom. The van der Waals surface area contributed by atoms with Crippen molar-refractivity contribution in [1.29, 1.82) is 0 Å². The number of amides is 1. The molecule has 1 saturated carbocycles. The molecule has 8 heteroatoms. The average Bonchev–Trinajstić information content (AvgIpc) is 2.92. The summed E-state index contributed by atoms with van der Waals surface area (Å²) in [7, 11) is 1.36. The zero-order valence-corrected chi connectivity index (χ0v) is 19.8. The van der Waals surface area contributed by atoms with Crippen LogP contribution in [0.1, 0.15) is 56.5 Å². The molecule has 0 aromatic heterocycles. The first-order chi connectivity index (χ1) is 13.9. The molecule has 2 aliphatic heterocycles. The van der Waals surface area contributed by atoms with Gasteiger partial charge in [-0.3, -0.25) is 0 Å². The summed E-state index contributed by atoms with van der Waals surface area (Å²) in [5.74, 6) is 0.179. The Kier molecular flexibility index (Phi) is 4.80. The number of esters is 1. The molecule has 3 aliphatic rings. The fourth-order valence-electron chi connectivity index (χ4n) is 4.67. The average molecular weight is 482 g/mol. The van der Waals surface area contributed by atoms with Gasteiger partial charge in [-0.15, -0.1) is 0 Å². The maximum atomic E-state index is 12.2. The van der Waals surface area contributed by atoms with Crippen molar-refractivity contribution in [3.05, 3.63) is 21.7 Å². The van der Waals surface area contributed by atoms with Crippen molar-refractivity contribution in [2.24, 2.45) is 11.3 Å². The number of nitrogens with zero attached hydrogens (tertiary/aromatic N) is 1. The maximum Gasteiger partial charge on any atom is 0.410 e. The molecule has 1 atom stereocenters. The summed E-state index contributed by atoms with van der Waals surface area (Å²) in [5, 5.41) is 0. The Labute approximate surface area is 185 Å². The van der Waals surface area contributed by atoms with Gasteiger partial charge in [-0.05, 0) is 62.5 Å². The number of hydrogen-bond donors (Lipinski definition) is 0. The lowest BCUT2D eigenvalue weighted by molar-refractivity contribution is -0.198. The van der Waals surface area contributed by atoms with Crippen LogP contribution >= 0.6 is 15.9 Å². The van der Waals surface area contributed by atoms with E-state index in [2.05, 4.69) is 15.9 Å². The number of benzene rings is 1. The highest BCUT2D eigenvalue weighted by Crippen LogP contribution is 2.59. The third-order valence-electron chi connectivity index (χ3n) is 6.26. The van der Waals surface area contributed by atoms with E-state index in [1.807, 2.05) is 34.6 Å². The van der Waals surface area contributed by atoms with Crippen LogP contribution in [-0.4, -0.2) is 48.5 Å². The Morgan fingerprint density at radius 3 is 2.37 bits per heavy atom. The third-order valence-corrected chi connectivity index (χ3v) is 6.85. The molecule has 0 N–H and O–H groups in total. The monoisotopic (exact) mass is 481 g/mol. The van der Waals surface area contributed by atoms with Crippen molar-refractivity contribution < 1.29 is 28.5 Å². The van der Waals surface area contributed by atoms with Crippen molar-refractivity contribution in [3.63, 3.8) is 0 Å². The lowest BCUT2D eigenvalue weighted by Crippen LogP contribution is -2.67. The Morgan fingerprint density at radius 2 is 1.80 bits per heavy atom. The van der Waals surface area contributed by atoms with Gasteiger partial charge in [0, 0.05) is 36.9 Å². The van der Waals surface area contributed by atoms with E-state index in [1.165, 1.54) is 7.11 Å². The van der Waals surface area contributed by atoms with Crippen molar-refractivity contribution in [2.75, 3.05) is 20.2 Å². The van der Waals surface area contributed by atoms with Crippen LogP contribution in [-0.2, 0) is 9.47 Å². The molecule has 1 aromatic carbocycles. The molecule has 2 fully saturated rings. The number of methoxy groups -OCH3 is 1. The van der Waals surface area contributed by atoms with Crippen molar-refractivity contribution in [3.8, 4) is 11.5 Å². The molecule has 1 amide bonds. The molecule has 7 nitrogen and oxygen atoms in total. The molecule has 1 spiro atoms. The van der Waals surface area contributed by atoms with E-state index >= 15 is 0 Å². The van der Waals surface area contributed by atoms with Crippen LogP contribution in [0.4, 0.5) is 4.79 Å². The fraction of sp³-hybridized carbons (Fsp3) is 0.636. The van der Waals surface area contributed by atoms with Gasteiger partial charge in [-0.1, -0.05) is 0 Å². The second-order valence-corrected chi connectivity index (χ2v) is 10.7. The topological polar surface area (TPSA) is 74.3 Å². The van der Waals surface area contributed by atoms with Gasteiger partial charge >= 0.3 is 12.1 Å². The summed E-state index contributed by atoms with van der Waals surface area (Å²) in [5.41, 5.74) is 0.793. The predicted octanol–water partition coefficient (Wildman–Crippen LogP) is 4.68. The van der Waals surface area contributed by atoms with E-state index in [1.54, 1.807) is 11.0 Å². The van der Waals surface area contributed by atoms with Crippen molar-refractivity contribution in [2.45, 2.75) is 58.8 Å².